The zero-order valence-corrected chi connectivity index (χ0v) is 11.7. The van der Waals surface area contributed by atoms with Gasteiger partial charge in [0.1, 0.15) is 0 Å². The van der Waals surface area contributed by atoms with Crippen molar-refractivity contribution < 1.29 is 4.79 Å². The van der Waals surface area contributed by atoms with E-state index in [0.29, 0.717) is 6.54 Å². The molecule has 0 spiro atoms. The van der Waals surface area contributed by atoms with Crippen LogP contribution in [0.1, 0.15) is 48.2 Å². The van der Waals surface area contributed by atoms with E-state index in [1.807, 2.05) is 12.1 Å². The summed E-state index contributed by atoms with van der Waals surface area (Å²) >= 11 is 1.56. The van der Waals surface area contributed by atoms with Crippen molar-refractivity contribution in [3.05, 3.63) is 21.9 Å². The second-order valence-electron chi connectivity index (χ2n) is 4.27. The molecule has 1 heterocycles. The third-order valence-corrected chi connectivity index (χ3v) is 4.59. The monoisotopic (exact) mass is 254 g/mol. The van der Waals surface area contributed by atoms with Crippen molar-refractivity contribution in [1.29, 1.82) is 0 Å². The third-order valence-electron chi connectivity index (χ3n) is 3.36. The van der Waals surface area contributed by atoms with E-state index in [4.69, 9.17) is 5.73 Å². The Morgan fingerprint density at radius 1 is 1.35 bits per heavy atom. The topological polar surface area (TPSA) is 55.1 Å². The van der Waals surface area contributed by atoms with E-state index < -0.39 is 0 Å². The Bertz CT molecular complexity index is 361. The highest BCUT2D eigenvalue weighted by Crippen LogP contribution is 2.19. The molecule has 0 aliphatic heterocycles. The van der Waals surface area contributed by atoms with E-state index in [0.717, 1.165) is 24.1 Å². The summed E-state index contributed by atoms with van der Waals surface area (Å²) in [6.07, 6.45) is 2.69. The van der Waals surface area contributed by atoms with Gasteiger partial charge in [-0.3, -0.25) is 4.79 Å². The van der Waals surface area contributed by atoms with Crippen molar-refractivity contribution in [2.45, 2.75) is 45.6 Å². The van der Waals surface area contributed by atoms with E-state index in [-0.39, 0.29) is 11.4 Å². The average Bonchev–Trinajstić information content (AvgIpc) is 2.85. The lowest BCUT2D eigenvalue weighted by molar-refractivity contribution is 0.0899. The van der Waals surface area contributed by atoms with Crippen molar-refractivity contribution >= 4 is 17.2 Å². The Morgan fingerprint density at radius 3 is 2.41 bits per heavy atom. The van der Waals surface area contributed by atoms with Crippen LogP contribution in [0.25, 0.3) is 0 Å². The first-order valence-corrected chi connectivity index (χ1v) is 7.03. The second kappa shape index (κ2) is 6.17. The second-order valence-corrected chi connectivity index (χ2v) is 5.43. The first-order valence-electron chi connectivity index (χ1n) is 6.22. The minimum atomic E-state index is -0.256. The lowest BCUT2D eigenvalue weighted by Crippen LogP contribution is -2.52. The molecule has 1 amide bonds. The molecule has 4 heteroatoms. The number of rotatable bonds is 6. The fraction of sp³-hybridized carbons (Fsp3) is 0.615. The fourth-order valence-electron chi connectivity index (χ4n) is 1.76. The van der Waals surface area contributed by atoms with Gasteiger partial charge in [-0.2, -0.15) is 0 Å². The number of aryl methyl sites for hydroxylation is 1. The van der Waals surface area contributed by atoms with Crippen LogP contribution in [-0.4, -0.2) is 18.0 Å². The molecule has 96 valence electrons. The maximum atomic E-state index is 12.1. The van der Waals surface area contributed by atoms with Gasteiger partial charge >= 0.3 is 0 Å². The van der Waals surface area contributed by atoms with Gasteiger partial charge in [-0.1, -0.05) is 20.8 Å². The van der Waals surface area contributed by atoms with Crippen LogP contribution >= 0.6 is 11.3 Å². The predicted octanol–water partition coefficient (Wildman–Crippen LogP) is 2.56. The molecule has 0 saturated carbocycles. The quantitative estimate of drug-likeness (QED) is 0.819. The van der Waals surface area contributed by atoms with Gasteiger partial charge in [0, 0.05) is 11.4 Å². The van der Waals surface area contributed by atoms with Gasteiger partial charge in [0.25, 0.3) is 5.91 Å². The predicted molar refractivity (Wildman–Crippen MR) is 73.5 cm³/mol. The average molecular weight is 254 g/mol. The largest absolute Gasteiger partial charge is 0.345 e. The maximum absolute atomic E-state index is 12.1. The normalized spacial score (nSPS) is 11.5. The van der Waals surface area contributed by atoms with Crippen molar-refractivity contribution in [1.82, 2.24) is 5.32 Å². The minimum absolute atomic E-state index is 0.00356. The zero-order chi connectivity index (χ0) is 12.9. The molecule has 0 saturated heterocycles. The highest BCUT2D eigenvalue weighted by molar-refractivity contribution is 7.14. The molecule has 3 N–H and O–H groups in total. The van der Waals surface area contributed by atoms with E-state index in [1.165, 1.54) is 4.88 Å². The molecule has 0 aromatic carbocycles. The summed E-state index contributed by atoms with van der Waals surface area (Å²) in [7, 11) is 0. The molecule has 17 heavy (non-hydrogen) atoms. The summed E-state index contributed by atoms with van der Waals surface area (Å²) < 4.78 is 0. The molecular weight excluding hydrogens is 232 g/mol. The minimum Gasteiger partial charge on any atom is -0.345 e. The summed E-state index contributed by atoms with van der Waals surface area (Å²) in [6, 6.07) is 3.91. The standard InChI is InChI=1S/C13H22N2OS/c1-4-10-7-8-11(17-10)12(16)15-13(5-2,6-3)9-14/h7-8H,4-6,9,14H2,1-3H3,(H,15,16). The van der Waals surface area contributed by atoms with Gasteiger partial charge < -0.3 is 11.1 Å². The first-order chi connectivity index (χ1) is 8.10. The Labute approximate surface area is 107 Å². The van der Waals surface area contributed by atoms with E-state index in [1.54, 1.807) is 11.3 Å². The van der Waals surface area contributed by atoms with E-state index in [9.17, 15) is 4.79 Å². The van der Waals surface area contributed by atoms with Gasteiger partial charge in [0.15, 0.2) is 0 Å². The van der Waals surface area contributed by atoms with Crippen LogP contribution in [0.2, 0.25) is 0 Å². The molecule has 1 aromatic rings. The molecular formula is C13H22N2OS. The van der Waals surface area contributed by atoms with Crippen molar-refractivity contribution in [2.75, 3.05) is 6.54 Å². The zero-order valence-electron chi connectivity index (χ0n) is 10.9. The smallest absolute Gasteiger partial charge is 0.261 e. The van der Waals surface area contributed by atoms with Crippen LogP contribution < -0.4 is 11.1 Å². The van der Waals surface area contributed by atoms with E-state index >= 15 is 0 Å². The number of hydrogen-bond donors (Lipinski definition) is 2. The number of nitrogens with two attached hydrogens (primary N) is 1. The Kier molecular flexibility index (Phi) is 5.15. The van der Waals surface area contributed by atoms with Gasteiger partial charge in [-0.05, 0) is 31.4 Å². The molecule has 3 nitrogen and oxygen atoms in total. The maximum Gasteiger partial charge on any atom is 0.261 e. The summed E-state index contributed by atoms with van der Waals surface area (Å²) in [5.74, 6) is 0.00356. The fourth-order valence-corrected chi connectivity index (χ4v) is 2.60. The Hall–Kier alpha value is -0.870. The molecule has 0 fully saturated rings. The number of nitrogens with one attached hydrogen (secondary N) is 1. The van der Waals surface area contributed by atoms with Crippen LogP contribution in [0.5, 0.6) is 0 Å². The summed E-state index contributed by atoms with van der Waals surface area (Å²) in [6.45, 7) is 6.69. The Balaban J connectivity index is 2.77. The molecule has 0 bridgehead atoms. The molecule has 0 unspecified atom stereocenters. The van der Waals surface area contributed by atoms with Gasteiger partial charge in [-0.15, -0.1) is 11.3 Å². The molecule has 1 aromatic heterocycles. The SMILES string of the molecule is CCc1ccc(C(=O)NC(CC)(CC)CN)s1. The molecule has 0 aliphatic rings. The first kappa shape index (κ1) is 14.2. The molecule has 1 rings (SSSR count). The van der Waals surface area contributed by atoms with Crippen LogP contribution in [0, 0.1) is 0 Å². The van der Waals surface area contributed by atoms with Crippen molar-refractivity contribution in [3.63, 3.8) is 0 Å². The van der Waals surface area contributed by atoms with Crippen molar-refractivity contribution in [3.8, 4) is 0 Å². The number of carbonyl (C=O) groups is 1. The summed E-state index contributed by atoms with van der Waals surface area (Å²) in [4.78, 5) is 14.1. The van der Waals surface area contributed by atoms with Crippen LogP contribution in [-0.2, 0) is 6.42 Å². The number of thiophene rings is 1. The van der Waals surface area contributed by atoms with Gasteiger partial charge in [0.2, 0.25) is 0 Å². The lowest BCUT2D eigenvalue weighted by atomic mass is 9.93. The third kappa shape index (κ3) is 3.30. The number of amides is 1. The number of carbonyl (C=O) groups excluding carboxylic acids is 1. The Morgan fingerprint density at radius 2 is 2.00 bits per heavy atom. The highest BCUT2D eigenvalue weighted by Gasteiger charge is 2.27. The van der Waals surface area contributed by atoms with Crippen LogP contribution in [0.4, 0.5) is 0 Å². The summed E-state index contributed by atoms with van der Waals surface area (Å²) in [5.41, 5.74) is 5.52. The summed E-state index contributed by atoms with van der Waals surface area (Å²) in [5, 5.41) is 3.08. The van der Waals surface area contributed by atoms with Crippen molar-refractivity contribution in [2.24, 2.45) is 5.73 Å². The van der Waals surface area contributed by atoms with Crippen LogP contribution in [0.3, 0.4) is 0 Å². The number of hydrogen-bond acceptors (Lipinski definition) is 3. The van der Waals surface area contributed by atoms with Gasteiger partial charge in [0.05, 0.1) is 10.4 Å². The van der Waals surface area contributed by atoms with Crippen LogP contribution in [0.15, 0.2) is 12.1 Å². The lowest BCUT2D eigenvalue weighted by Gasteiger charge is -2.31. The highest BCUT2D eigenvalue weighted by atomic mass is 32.1. The molecule has 0 radical (unpaired) electrons. The van der Waals surface area contributed by atoms with Gasteiger partial charge in [-0.25, -0.2) is 0 Å². The van der Waals surface area contributed by atoms with E-state index in [2.05, 4.69) is 26.1 Å². The molecule has 0 aliphatic carbocycles. The molecule has 0 atom stereocenters.